The summed E-state index contributed by atoms with van der Waals surface area (Å²) in [6.45, 7) is 0.868. The van der Waals surface area contributed by atoms with Gasteiger partial charge in [0.1, 0.15) is 0 Å². The van der Waals surface area contributed by atoms with Crippen LogP contribution in [0.15, 0.2) is 71.2 Å². The standard InChI is InChI=1S/C18H21N6.CH4O4S/c1-22(13-15-7-5-4-6-8-15)17-11-9-16(10-12-17)20-21-18-23(2)14-19-24(18)3;1-5-6(2,3)4/h4-12,14H,13H2,1-3H3;1H3,(H,2,3,4)/q+1;/p-1. The van der Waals surface area contributed by atoms with Gasteiger partial charge in [0, 0.05) is 24.4 Å². The van der Waals surface area contributed by atoms with E-state index in [4.69, 9.17) is 0 Å². The van der Waals surface area contributed by atoms with Crippen molar-refractivity contribution in [1.82, 2.24) is 9.78 Å². The van der Waals surface area contributed by atoms with Gasteiger partial charge in [-0.3, -0.25) is 4.18 Å². The van der Waals surface area contributed by atoms with Gasteiger partial charge in [0.2, 0.25) is 16.7 Å². The van der Waals surface area contributed by atoms with Gasteiger partial charge in [-0.15, -0.1) is 4.68 Å². The van der Waals surface area contributed by atoms with Crippen LogP contribution in [0.4, 0.5) is 17.3 Å². The van der Waals surface area contributed by atoms with Crippen molar-refractivity contribution in [3.63, 3.8) is 0 Å². The van der Waals surface area contributed by atoms with Gasteiger partial charge in [-0.25, -0.2) is 13.0 Å². The molecule has 0 aliphatic heterocycles. The first-order valence-electron chi connectivity index (χ1n) is 8.85. The molecule has 0 spiro atoms. The lowest BCUT2D eigenvalue weighted by molar-refractivity contribution is -0.659. The molecule has 2 aromatic carbocycles. The molecule has 0 saturated carbocycles. The Bertz CT molecular complexity index is 1050. The summed E-state index contributed by atoms with van der Waals surface area (Å²) in [7, 11) is 2.21. The van der Waals surface area contributed by atoms with Crippen LogP contribution in [0.2, 0.25) is 0 Å². The number of nitrogens with zero attached hydrogens (tertiary/aromatic N) is 6. The minimum atomic E-state index is -4.41. The molecule has 1 aromatic heterocycles. The van der Waals surface area contributed by atoms with Gasteiger partial charge in [-0.05, 0) is 34.9 Å². The van der Waals surface area contributed by atoms with Crippen LogP contribution in [0.25, 0.3) is 0 Å². The van der Waals surface area contributed by atoms with Crippen LogP contribution < -0.4 is 9.47 Å². The number of rotatable bonds is 6. The maximum absolute atomic E-state index is 9.22. The molecule has 10 nitrogen and oxygen atoms in total. The molecule has 3 aromatic rings. The van der Waals surface area contributed by atoms with Crippen molar-refractivity contribution in [3.8, 4) is 0 Å². The number of aryl methyl sites for hydroxylation is 2. The van der Waals surface area contributed by atoms with Crippen molar-refractivity contribution >= 4 is 27.7 Å². The molecule has 160 valence electrons. The van der Waals surface area contributed by atoms with Crippen molar-refractivity contribution in [2.75, 3.05) is 19.1 Å². The maximum Gasteiger partial charge on any atom is 0.403 e. The Balaban J connectivity index is 0.000000469. The highest BCUT2D eigenvalue weighted by Gasteiger charge is 2.11. The predicted octanol–water partition coefficient (Wildman–Crippen LogP) is 2.39. The van der Waals surface area contributed by atoms with Gasteiger partial charge >= 0.3 is 5.95 Å². The SMILES string of the molecule is CN(Cc1ccccc1)c1ccc(N=Nc2n(C)nc[n+]2C)cc1.COS(=O)(=O)[O-]. The predicted molar refractivity (Wildman–Crippen MR) is 110 cm³/mol. The zero-order valence-electron chi connectivity index (χ0n) is 17.2. The second-order valence-electron chi connectivity index (χ2n) is 6.30. The normalized spacial score (nSPS) is 11.2. The van der Waals surface area contributed by atoms with Crippen molar-refractivity contribution < 1.29 is 21.7 Å². The average molecular weight is 433 g/mol. The van der Waals surface area contributed by atoms with Crippen molar-refractivity contribution in [1.29, 1.82) is 0 Å². The third kappa shape index (κ3) is 7.35. The number of anilines is 1. The summed E-state index contributed by atoms with van der Waals surface area (Å²) in [6.07, 6.45) is 1.70. The molecule has 0 aliphatic rings. The van der Waals surface area contributed by atoms with Gasteiger partial charge in [0.05, 0.1) is 26.9 Å². The van der Waals surface area contributed by atoms with Crippen LogP contribution >= 0.6 is 0 Å². The van der Waals surface area contributed by atoms with E-state index in [-0.39, 0.29) is 0 Å². The molecule has 0 unspecified atom stereocenters. The second kappa shape index (κ2) is 10.6. The molecule has 30 heavy (non-hydrogen) atoms. The second-order valence-corrected chi connectivity index (χ2v) is 7.45. The van der Waals surface area contributed by atoms with Gasteiger partial charge in [0.15, 0.2) is 0 Å². The molecule has 1 heterocycles. The summed E-state index contributed by atoms with van der Waals surface area (Å²) in [5.41, 5.74) is 3.24. The first kappa shape index (κ1) is 23.1. The first-order chi connectivity index (χ1) is 14.2. The fourth-order valence-corrected chi connectivity index (χ4v) is 2.45. The minimum Gasteiger partial charge on any atom is -0.726 e. The van der Waals surface area contributed by atoms with Crippen LogP contribution in [0.3, 0.4) is 0 Å². The molecule has 0 amide bonds. The highest BCUT2D eigenvalue weighted by atomic mass is 32.3. The largest absolute Gasteiger partial charge is 0.726 e. The molecular weight excluding hydrogens is 408 g/mol. The number of aromatic nitrogens is 3. The Labute approximate surface area is 176 Å². The van der Waals surface area contributed by atoms with Crippen LogP contribution in [-0.2, 0) is 35.2 Å². The molecule has 0 atom stereocenters. The number of benzene rings is 2. The zero-order valence-corrected chi connectivity index (χ0v) is 18.0. The highest BCUT2D eigenvalue weighted by Crippen LogP contribution is 2.21. The third-order valence-electron chi connectivity index (χ3n) is 4.02. The molecule has 0 radical (unpaired) electrons. The molecule has 0 bridgehead atoms. The maximum atomic E-state index is 9.22. The lowest BCUT2D eigenvalue weighted by Gasteiger charge is -2.19. The van der Waals surface area contributed by atoms with E-state index < -0.39 is 10.4 Å². The van der Waals surface area contributed by atoms with E-state index in [1.807, 2.05) is 36.9 Å². The lowest BCUT2D eigenvalue weighted by Crippen LogP contribution is -2.25. The summed E-state index contributed by atoms with van der Waals surface area (Å²) >= 11 is 0. The van der Waals surface area contributed by atoms with Crippen LogP contribution in [-0.4, -0.2) is 36.9 Å². The molecule has 11 heteroatoms. The van der Waals surface area contributed by atoms with Crippen molar-refractivity contribution in [2.45, 2.75) is 6.54 Å². The summed E-state index contributed by atoms with van der Waals surface area (Å²) in [6, 6.07) is 18.5. The molecule has 0 N–H and O–H groups in total. The zero-order chi connectivity index (χ0) is 22.1. The average Bonchev–Trinajstić information content (AvgIpc) is 3.05. The van der Waals surface area contributed by atoms with Gasteiger partial charge in [-0.1, -0.05) is 35.4 Å². The number of hydrogen-bond donors (Lipinski definition) is 0. The fourth-order valence-electron chi connectivity index (χ4n) is 2.45. The molecule has 0 aliphatic carbocycles. The van der Waals surface area contributed by atoms with E-state index in [0.717, 1.165) is 25.0 Å². The van der Waals surface area contributed by atoms with E-state index in [1.54, 1.807) is 11.0 Å². The minimum absolute atomic E-state index is 0.695. The molecule has 3 rings (SSSR count). The van der Waals surface area contributed by atoms with E-state index in [9.17, 15) is 13.0 Å². The summed E-state index contributed by atoms with van der Waals surface area (Å²) in [4.78, 5) is 2.21. The van der Waals surface area contributed by atoms with Crippen LogP contribution in [0.1, 0.15) is 5.56 Å². The summed E-state index contributed by atoms with van der Waals surface area (Å²) in [5.74, 6) is 0.695. The lowest BCUT2D eigenvalue weighted by atomic mass is 10.2. The van der Waals surface area contributed by atoms with Crippen LogP contribution in [0.5, 0.6) is 0 Å². The smallest absolute Gasteiger partial charge is 0.403 e. The Kier molecular flexibility index (Phi) is 8.16. The quantitative estimate of drug-likeness (QED) is 0.256. The third-order valence-corrected chi connectivity index (χ3v) is 4.42. The topological polar surface area (TPSA) is 116 Å². The Morgan fingerprint density at radius 3 is 2.23 bits per heavy atom. The summed E-state index contributed by atoms with van der Waals surface area (Å²) in [5, 5.41) is 12.7. The monoisotopic (exact) mass is 432 g/mol. The molecular formula is C19H24N6O4S. The van der Waals surface area contributed by atoms with Crippen molar-refractivity contribution in [2.24, 2.45) is 24.3 Å². The number of hydrogen-bond acceptors (Lipinski definition) is 8. The van der Waals surface area contributed by atoms with Crippen LogP contribution in [0, 0.1) is 0 Å². The van der Waals surface area contributed by atoms with E-state index in [1.165, 1.54) is 5.56 Å². The van der Waals surface area contributed by atoms with E-state index in [0.29, 0.717) is 5.95 Å². The first-order valence-corrected chi connectivity index (χ1v) is 10.2. The van der Waals surface area contributed by atoms with Gasteiger partial charge in [0.25, 0.3) is 0 Å². The van der Waals surface area contributed by atoms with E-state index in [2.05, 4.69) is 67.9 Å². The van der Waals surface area contributed by atoms with E-state index >= 15 is 0 Å². The highest BCUT2D eigenvalue weighted by molar-refractivity contribution is 7.80. The molecule has 0 fully saturated rings. The molecule has 0 saturated heterocycles. The summed E-state index contributed by atoms with van der Waals surface area (Å²) < 4.78 is 34.5. The van der Waals surface area contributed by atoms with Crippen molar-refractivity contribution in [3.05, 3.63) is 66.5 Å². The van der Waals surface area contributed by atoms with Gasteiger partial charge < -0.3 is 9.45 Å². The fraction of sp³-hybridized carbons (Fsp3) is 0.263. The Morgan fingerprint density at radius 2 is 1.73 bits per heavy atom. The number of azo groups is 1. The van der Waals surface area contributed by atoms with Gasteiger partial charge in [-0.2, -0.15) is 0 Å². The Hall–Kier alpha value is -3.15. The Morgan fingerprint density at radius 1 is 1.13 bits per heavy atom.